The van der Waals surface area contributed by atoms with Gasteiger partial charge in [0.05, 0.1) is 6.04 Å². The zero-order chi connectivity index (χ0) is 14.0. The van der Waals surface area contributed by atoms with Crippen LogP contribution in [0.4, 0.5) is 4.39 Å². The Balaban J connectivity index is 2.52. The molecule has 0 heterocycles. The molecule has 2 rings (SSSR count). The Hall–Kier alpha value is -1.19. The van der Waals surface area contributed by atoms with Gasteiger partial charge in [0.2, 0.25) is 0 Å². The minimum Gasteiger partial charge on any atom is -0.309 e. The van der Waals surface area contributed by atoms with E-state index in [2.05, 4.69) is 53.3 Å². The first-order valence-corrected chi connectivity index (χ1v) is 7.01. The van der Waals surface area contributed by atoms with Gasteiger partial charge in [0, 0.05) is 4.47 Å². The van der Waals surface area contributed by atoms with Gasteiger partial charge in [-0.25, -0.2) is 4.39 Å². The van der Waals surface area contributed by atoms with Crippen LogP contribution in [0.15, 0.2) is 40.9 Å². The number of hydrogen-bond donors (Lipinski definition) is 1. The van der Waals surface area contributed by atoms with E-state index in [9.17, 15) is 4.39 Å². The van der Waals surface area contributed by atoms with Crippen molar-refractivity contribution in [1.29, 1.82) is 0 Å². The third-order valence-corrected chi connectivity index (χ3v) is 3.71. The molecule has 0 aromatic heterocycles. The molecule has 1 nitrogen and oxygen atoms in total. The van der Waals surface area contributed by atoms with E-state index in [4.69, 9.17) is 0 Å². The number of benzene rings is 2. The highest BCUT2D eigenvalue weighted by Crippen LogP contribution is 2.28. The topological polar surface area (TPSA) is 12.0 Å². The Morgan fingerprint density at radius 3 is 2.47 bits per heavy atom. The predicted molar refractivity (Wildman–Crippen MR) is 80.9 cm³/mol. The smallest absolute Gasteiger partial charge is 0.124 e. The van der Waals surface area contributed by atoms with E-state index in [0.717, 1.165) is 10.0 Å². The van der Waals surface area contributed by atoms with E-state index < -0.39 is 0 Å². The molecule has 0 amide bonds. The first kappa shape index (κ1) is 14.2. The second kappa shape index (κ2) is 5.85. The van der Waals surface area contributed by atoms with E-state index in [1.807, 2.05) is 13.1 Å². The third kappa shape index (κ3) is 3.23. The molecule has 0 spiro atoms. The van der Waals surface area contributed by atoms with Gasteiger partial charge in [0.1, 0.15) is 5.82 Å². The average molecular weight is 322 g/mol. The van der Waals surface area contributed by atoms with Crippen molar-refractivity contribution in [3.8, 4) is 0 Å². The quantitative estimate of drug-likeness (QED) is 0.876. The van der Waals surface area contributed by atoms with Crippen LogP contribution in [0.2, 0.25) is 0 Å². The summed E-state index contributed by atoms with van der Waals surface area (Å²) in [7, 11) is 1.89. The lowest BCUT2D eigenvalue weighted by atomic mass is 9.93. The fourth-order valence-electron chi connectivity index (χ4n) is 2.31. The van der Waals surface area contributed by atoms with Crippen LogP contribution in [0.1, 0.15) is 28.3 Å². The van der Waals surface area contributed by atoms with Gasteiger partial charge in [-0.05, 0) is 55.8 Å². The van der Waals surface area contributed by atoms with Gasteiger partial charge >= 0.3 is 0 Å². The monoisotopic (exact) mass is 321 g/mol. The number of nitrogens with one attached hydrogen (secondary N) is 1. The van der Waals surface area contributed by atoms with E-state index in [0.29, 0.717) is 0 Å². The molecule has 0 aliphatic rings. The van der Waals surface area contributed by atoms with Crippen molar-refractivity contribution in [2.24, 2.45) is 0 Å². The van der Waals surface area contributed by atoms with Gasteiger partial charge in [-0.2, -0.15) is 0 Å². The summed E-state index contributed by atoms with van der Waals surface area (Å²) in [4.78, 5) is 0. The van der Waals surface area contributed by atoms with Crippen LogP contribution < -0.4 is 5.32 Å². The molecule has 0 bridgehead atoms. The molecule has 0 saturated heterocycles. The molecule has 0 fully saturated rings. The molecule has 1 atom stereocenters. The van der Waals surface area contributed by atoms with Gasteiger partial charge in [-0.15, -0.1) is 0 Å². The van der Waals surface area contributed by atoms with Gasteiger partial charge in [-0.1, -0.05) is 39.7 Å². The summed E-state index contributed by atoms with van der Waals surface area (Å²) in [6, 6.07) is 11.3. The van der Waals surface area contributed by atoms with Crippen LogP contribution in [0.5, 0.6) is 0 Å². The van der Waals surface area contributed by atoms with Crippen LogP contribution in [0, 0.1) is 19.7 Å². The maximum absolute atomic E-state index is 13.6. The highest BCUT2D eigenvalue weighted by molar-refractivity contribution is 9.10. The summed E-state index contributed by atoms with van der Waals surface area (Å²) >= 11 is 3.35. The molecular formula is C16H17BrFN. The zero-order valence-corrected chi connectivity index (χ0v) is 12.9. The molecule has 0 aliphatic carbocycles. The predicted octanol–water partition coefficient (Wildman–Crippen LogP) is 4.51. The zero-order valence-electron chi connectivity index (χ0n) is 11.3. The van der Waals surface area contributed by atoms with Gasteiger partial charge in [0.15, 0.2) is 0 Å². The summed E-state index contributed by atoms with van der Waals surface area (Å²) in [5, 5.41) is 3.27. The summed E-state index contributed by atoms with van der Waals surface area (Å²) in [6.45, 7) is 4.14. The van der Waals surface area contributed by atoms with Crippen molar-refractivity contribution in [2.45, 2.75) is 19.9 Å². The fourth-order valence-corrected chi connectivity index (χ4v) is 2.80. The molecule has 1 N–H and O–H groups in total. The Kier molecular flexibility index (Phi) is 4.38. The molecule has 3 heteroatoms. The average Bonchev–Trinajstić information content (AvgIpc) is 2.33. The maximum Gasteiger partial charge on any atom is 0.124 e. The van der Waals surface area contributed by atoms with Crippen molar-refractivity contribution in [2.75, 3.05) is 7.05 Å². The largest absolute Gasteiger partial charge is 0.309 e. The van der Waals surface area contributed by atoms with E-state index in [1.165, 1.54) is 22.8 Å². The molecule has 19 heavy (non-hydrogen) atoms. The van der Waals surface area contributed by atoms with Crippen LogP contribution in [-0.2, 0) is 0 Å². The highest BCUT2D eigenvalue weighted by atomic mass is 79.9. The van der Waals surface area contributed by atoms with Gasteiger partial charge in [-0.3, -0.25) is 0 Å². The van der Waals surface area contributed by atoms with Crippen molar-refractivity contribution < 1.29 is 4.39 Å². The van der Waals surface area contributed by atoms with Crippen molar-refractivity contribution in [1.82, 2.24) is 5.32 Å². The van der Waals surface area contributed by atoms with Crippen molar-refractivity contribution in [3.05, 3.63) is 68.9 Å². The standard InChI is InChI=1S/C16H17BrFN/c1-10-4-5-11(2)15(6-10)16(19-3)12-7-13(17)9-14(18)8-12/h4-9,16,19H,1-3H3. The number of aryl methyl sites for hydroxylation is 2. The first-order valence-electron chi connectivity index (χ1n) is 6.21. The summed E-state index contributed by atoms with van der Waals surface area (Å²) < 4.78 is 14.3. The lowest BCUT2D eigenvalue weighted by Gasteiger charge is -2.20. The molecule has 0 saturated carbocycles. The summed E-state index contributed by atoms with van der Waals surface area (Å²) in [5.41, 5.74) is 4.50. The van der Waals surface area contributed by atoms with Crippen molar-refractivity contribution >= 4 is 15.9 Å². The minimum absolute atomic E-state index is 0.00750. The fraction of sp³-hybridized carbons (Fsp3) is 0.250. The molecule has 0 aliphatic heterocycles. The highest BCUT2D eigenvalue weighted by Gasteiger charge is 2.15. The van der Waals surface area contributed by atoms with Crippen molar-refractivity contribution in [3.63, 3.8) is 0 Å². The molecular weight excluding hydrogens is 305 g/mol. The summed E-state index contributed by atoms with van der Waals surface area (Å²) in [6.07, 6.45) is 0. The van der Waals surface area contributed by atoms with Crippen LogP contribution >= 0.6 is 15.9 Å². The molecule has 0 radical (unpaired) electrons. The third-order valence-electron chi connectivity index (χ3n) is 3.25. The molecule has 1 unspecified atom stereocenters. The van der Waals surface area contributed by atoms with Crippen LogP contribution in [-0.4, -0.2) is 7.05 Å². The number of hydrogen-bond acceptors (Lipinski definition) is 1. The first-order chi connectivity index (χ1) is 9.01. The van der Waals surface area contributed by atoms with Gasteiger partial charge in [0.25, 0.3) is 0 Å². The lowest BCUT2D eigenvalue weighted by molar-refractivity contribution is 0.615. The second-order valence-electron chi connectivity index (χ2n) is 4.78. The molecule has 100 valence electrons. The minimum atomic E-state index is -0.227. The van der Waals surface area contributed by atoms with E-state index in [1.54, 1.807) is 6.07 Å². The van der Waals surface area contributed by atoms with Gasteiger partial charge < -0.3 is 5.32 Å². The lowest BCUT2D eigenvalue weighted by Crippen LogP contribution is -2.19. The van der Waals surface area contributed by atoms with E-state index in [-0.39, 0.29) is 11.9 Å². The Morgan fingerprint density at radius 2 is 1.84 bits per heavy atom. The molecule has 2 aromatic rings. The SMILES string of the molecule is CNC(c1cc(F)cc(Br)c1)c1cc(C)ccc1C. The summed E-state index contributed by atoms with van der Waals surface area (Å²) in [5.74, 6) is -0.227. The second-order valence-corrected chi connectivity index (χ2v) is 5.70. The molecule has 2 aromatic carbocycles. The Bertz CT molecular complexity index is 575. The number of rotatable bonds is 3. The van der Waals surface area contributed by atoms with Crippen LogP contribution in [0.25, 0.3) is 0 Å². The normalized spacial score (nSPS) is 12.5. The maximum atomic E-state index is 13.6. The number of halogens is 2. The Labute approximate surface area is 122 Å². The Morgan fingerprint density at radius 1 is 1.11 bits per heavy atom. The van der Waals surface area contributed by atoms with Crippen LogP contribution in [0.3, 0.4) is 0 Å². The van der Waals surface area contributed by atoms with E-state index >= 15 is 0 Å².